The fourth-order valence-electron chi connectivity index (χ4n) is 2.80. The fraction of sp³-hybridized carbons (Fsp3) is 0.400. The van der Waals surface area contributed by atoms with Gasteiger partial charge in [0.15, 0.2) is 11.5 Å². The summed E-state index contributed by atoms with van der Waals surface area (Å²) < 4.78 is 12.2. The molecule has 8 heteroatoms. The standard InChI is InChI=1S/C15H18N4O4/c1-18-15(16-13(17-18)14(20)21)19-5-4-9-6-11(22-2)12(23-3)7-10(9)8-19/h6-7H,4-5,8H2,1-3H3,(H,20,21). The summed E-state index contributed by atoms with van der Waals surface area (Å²) in [6.07, 6.45) is 0.810. The van der Waals surface area contributed by atoms with Gasteiger partial charge in [-0.25, -0.2) is 9.48 Å². The first-order chi connectivity index (χ1) is 11.0. The minimum atomic E-state index is -1.13. The Morgan fingerprint density at radius 3 is 2.43 bits per heavy atom. The molecular formula is C15H18N4O4. The third-order valence-corrected chi connectivity index (χ3v) is 3.93. The van der Waals surface area contributed by atoms with Crippen molar-refractivity contribution >= 4 is 11.9 Å². The van der Waals surface area contributed by atoms with E-state index in [0.717, 1.165) is 18.5 Å². The SMILES string of the molecule is COc1cc2c(cc1OC)CN(c1nc(C(=O)O)nn1C)CC2. The molecule has 3 rings (SSSR count). The molecule has 1 aromatic carbocycles. The molecule has 0 spiro atoms. The van der Waals surface area contributed by atoms with Crippen LogP contribution in [0, 0.1) is 0 Å². The molecule has 1 aliphatic rings. The number of carboxylic acid groups (broad SMARTS) is 1. The largest absolute Gasteiger partial charge is 0.493 e. The highest BCUT2D eigenvalue weighted by Crippen LogP contribution is 2.34. The van der Waals surface area contributed by atoms with Crippen LogP contribution in [0.4, 0.5) is 5.95 Å². The molecule has 23 heavy (non-hydrogen) atoms. The number of hydrogen-bond acceptors (Lipinski definition) is 6. The van der Waals surface area contributed by atoms with Gasteiger partial charge in [-0.2, -0.15) is 4.98 Å². The van der Waals surface area contributed by atoms with Crippen molar-refractivity contribution < 1.29 is 19.4 Å². The molecule has 0 unspecified atom stereocenters. The Labute approximate surface area is 133 Å². The van der Waals surface area contributed by atoms with Gasteiger partial charge >= 0.3 is 5.97 Å². The molecule has 0 saturated carbocycles. The average molecular weight is 318 g/mol. The number of carboxylic acids is 1. The van der Waals surface area contributed by atoms with E-state index in [4.69, 9.17) is 14.6 Å². The van der Waals surface area contributed by atoms with E-state index in [2.05, 4.69) is 10.1 Å². The van der Waals surface area contributed by atoms with Crippen molar-refractivity contribution in [1.82, 2.24) is 14.8 Å². The second kappa shape index (κ2) is 5.79. The van der Waals surface area contributed by atoms with E-state index in [9.17, 15) is 4.79 Å². The number of ether oxygens (including phenoxy) is 2. The number of aromatic nitrogens is 3. The van der Waals surface area contributed by atoms with E-state index in [-0.39, 0.29) is 5.82 Å². The Kier molecular flexibility index (Phi) is 3.81. The summed E-state index contributed by atoms with van der Waals surface area (Å²) in [5.41, 5.74) is 2.30. The van der Waals surface area contributed by atoms with Crippen molar-refractivity contribution in [3.05, 3.63) is 29.1 Å². The summed E-state index contributed by atoms with van der Waals surface area (Å²) >= 11 is 0. The summed E-state index contributed by atoms with van der Waals surface area (Å²) in [4.78, 5) is 17.1. The number of anilines is 1. The predicted octanol–water partition coefficient (Wildman–Crippen LogP) is 1.09. The Morgan fingerprint density at radius 2 is 1.87 bits per heavy atom. The lowest BCUT2D eigenvalue weighted by Gasteiger charge is -2.29. The lowest BCUT2D eigenvalue weighted by atomic mass is 9.99. The van der Waals surface area contributed by atoms with Crippen LogP contribution in [0.15, 0.2) is 12.1 Å². The summed E-state index contributed by atoms with van der Waals surface area (Å²) in [6.45, 7) is 1.34. The lowest BCUT2D eigenvalue weighted by Crippen LogP contribution is -2.32. The summed E-state index contributed by atoms with van der Waals surface area (Å²) in [5.74, 6) is 0.614. The van der Waals surface area contributed by atoms with E-state index in [1.165, 1.54) is 10.2 Å². The zero-order valence-corrected chi connectivity index (χ0v) is 13.2. The highest BCUT2D eigenvalue weighted by Gasteiger charge is 2.24. The molecule has 0 radical (unpaired) electrons. The minimum Gasteiger partial charge on any atom is -0.493 e. The van der Waals surface area contributed by atoms with Gasteiger partial charge in [0.05, 0.1) is 14.2 Å². The molecule has 0 saturated heterocycles. The van der Waals surface area contributed by atoms with Gasteiger partial charge < -0.3 is 19.5 Å². The predicted molar refractivity (Wildman–Crippen MR) is 82.3 cm³/mol. The lowest BCUT2D eigenvalue weighted by molar-refractivity contribution is 0.0683. The maximum absolute atomic E-state index is 11.0. The van der Waals surface area contributed by atoms with Crippen molar-refractivity contribution in [3.63, 3.8) is 0 Å². The van der Waals surface area contributed by atoms with Crippen molar-refractivity contribution in [1.29, 1.82) is 0 Å². The molecule has 1 N–H and O–H groups in total. The second-order valence-electron chi connectivity index (χ2n) is 5.31. The number of aromatic carboxylic acids is 1. The molecule has 0 bridgehead atoms. The Bertz CT molecular complexity index is 756. The first-order valence-electron chi connectivity index (χ1n) is 7.16. The van der Waals surface area contributed by atoms with Gasteiger partial charge in [-0.05, 0) is 29.7 Å². The van der Waals surface area contributed by atoms with Crippen LogP contribution in [0.2, 0.25) is 0 Å². The van der Waals surface area contributed by atoms with Crippen LogP contribution < -0.4 is 14.4 Å². The van der Waals surface area contributed by atoms with Crippen molar-refractivity contribution in [2.75, 3.05) is 25.7 Å². The molecule has 2 heterocycles. The molecule has 0 amide bonds. The zero-order chi connectivity index (χ0) is 16.6. The average Bonchev–Trinajstić information content (AvgIpc) is 2.95. The van der Waals surface area contributed by atoms with Crippen molar-refractivity contribution in [2.45, 2.75) is 13.0 Å². The van der Waals surface area contributed by atoms with Gasteiger partial charge in [-0.3, -0.25) is 0 Å². The zero-order valence-electron chi connectivity index (χ0n) is 13.2. The maximum Gasteiger partial charge on any atom is 0.375 e. The van der Waals surface area contributed by atoms with Crippen LogP contribution in [0.1, 0.15) is 21.7 Å². The highest BCUT2D eigenvalue weighted by molar-refractivity contribution is 5.83. The number of fused-ring (bicyclic) bond motifs is 1. The van der Waals surface area contributed by atoms with E-state index < -0.39 is 5.97 Å². The van der Waals surface area contributed by atoms with Crippen LogP contribution in [0.5, 0.6) is 11.5 Å². The summed E-state index contributed by atoms with van der Waals surface area (Å²) in [7, 11) is 4.91. The molecule has 8 nitrogen and oxygen atoms in total. The van der Waals surface area contributed by atoms with Gasteiger partial charge in [0, 0.05) is 20.1 Å². The van der Waals surface area contributed by atoms with Gasteiger partial charge in [-0.15, -0.1) is 5.10 Å². The number of hydrogen-bond donors (Lipinski definition) is 1. The smallest absolute Gasteiger partial charge is 0.375 e. The van der Waals surface area contributed by atoms with E-state index in [1.54, 1.807) is 21.3 Å². The van der Waals surface area contributed by atoms with Gasteiger partial charge in [0.2, 0.25) is 5.95 Å². The van der Waals surface area contributed by atoms with E-state index in [1.807, 2.05) is 17.0 Å². The maximum atomic E-state index is 11.0. The van der Waals surface area contributed by atoms with Crippen molar-refractivity contribution in [2.24, 2.45) is 7.05 Å². The number of methoxy groups -OCH3 is 2. The van der Waals surface area contributed by atoms with Crippen LogP contribution in [-0.4, -0.2) is 46.6 Å². The number of nitrogens with zero attached hydrogens (tertiary/aromatic N) is 4. The molecule has 2 aromatic rings. The van der Waals surface area contributed by atoms with Gasteiger partial charge in [0.1, 0.15) is 0 Å². The summed E-state index contributed by atoms with van der Waals surface area (Å²) in [5, 5.41) is 12.9. The highest BCUT2D eigenvalue weighted by atomic mass is 16.5. The summed E-state index contributed by atoms with van der Waals surface area (Å²) in [6, 6.07) is 3.94. The van der Waals surface area contributed by atoms with E-state index in [0.29, 0.717) is 24.0 Å². The monoisotopic (exact) mass is 318 g/mol. The third-order valence-electron chi connectivity index (χ3n) is 3.93. The molecule has 0 aliphatic carbocycles. The Hall–Kier alpha value is -2.77. The number of rotatable bonds is 4. The fourth-order valence-corrected chi connectivity index (χ4v) is 2.80. The number of carbonyl (C=O) groups is 1. The topological polar surface area (TPSA) is 89.7 Å². The van der Waals surface area contributed by atoms with Crippen LogP contribution in [0.3, 0.4) is 0 Å². The molecule has 122 valence electrons. The normalized spacial score (nSPS) is 13.6. The molecule has 1 aromatic heterocycles. The first-order valence-corrected chi connectivity index (χ1v) is 7.16. The minimum absolute atomic E-state index is 0.194. The molecule has 0 atom stereocenters. The number of aryl methyl sites for hydroxylation is 1. The Morgan fingerprint density at radius 1 is 1.22 bits per heavy atom. The molecule has 0 fully saturated rings. The van der Waals surface area contributed by atoms with Crippen LogP contribution in [-0.2, 0) is 20.0 Å². The molecular weight excluding hydrogens is 300 g/mol. The van der Waals surface area contributed by atoms with E-state index >= 15 is 0 Å². The van der Waals surface area contributed by atoms with Gasteiger partial charge in [-0.1, -0.05) is 0 Å². The third kappa shape index (κ3) is 2.67. The quantitative estimate of drug-likeness (QED) is 0.902. The second-order valence-corrected chi connectivity index (χ2v) is 5.31. The van der Waals surface area contributed by atoms with Crippen LogP contribution >= 0.6 is 0 Å². The Balaban J connectivity index is 1.92. The van der Waals surface area contributed by atoms with Crippen LogP contribution in [0.25, 0.3) is 0 Å². The van der Waals surface area contributed by atoms with Crippen molar-refractivity contribution in [3.8, 4) is 11.5 Å². The van der Waals surface area contributed by atoms with Gasteiger partial charge in [0.25, 0.3) is 5.82 Å². The number of benzene rings is 1. The first kappa shape index (κ1) is 15.1. The molecule has 1 aliphatic heterocycles.